The van der Waals surface area contributed by atoms with Crippen LogP contribution < -0.4 is 10.1 Å². The van der Waals surface area contributed by atoms with Crippen LogP contribution in [0.25, 0.3) is 0 Å². The zero-order valence-electron chi connectivity index (χ0n) is 9.72. The van der Waals surface area contributed by atoms with Gasteiger partial charge in [-0.3, -0.25) is 0 Å². The summed E-state index contributed by atoms with van der Waals surface area (Å²) >= 11 is 1.59. The van der Waals surface area contributed by atoms with Crippen LogP contribution in [0.15, 0.2) is 29.2 Å². The molecule has 2 rings (SSSR count). The van der Waals surface area contributed by atoms with Crippen LogP contribution >= 0.6 is 11.3 Å². The fourth-order valence-electron chi connectivity index (χ4n) is 1.35. The summed E-state index contributed by atoms with van der Waals surface area (Å²) in [6.07, 6.45) is 2.74. The van der Waals surface area contributed by atoms with Gasteiger partial charge < -0.3 is 10.1 Å². The Hall–Kier alpha value is -1.62. The zero-order valence-corrected chi connectivity index (χ0v) is 10.5. The second kappa shape index (κ2) is 6.20. The lowest BCUT2D eigenvalue weighted by Crippen LogP contribution is -2.05. The van der Waals surface area contributed by atoms with E-state index in [2.05, 4.69) is 22.2 Å². The van der Waals surface area contributed by atoms with Gasteiger partial charge in [-0.25, -0.2) is 9.97 Å². The van der Waals surface area contributed by atoms with Crippen LogP contribution in [0, 0.1) is 0 Å². The summed E-state index contributed by atoms with van der Waals surface area (Å²) in [7, 11) is 0. The maximum absolute atomic E-state index is 5.61. The average molecular weight is 249 g/mol. The molecule has 2 heterocycles. The van der Waals surface area contributed by atoms with Crippen LogP contribution in [0.3, 0.4) is 0 Å². The lowest BCUT2D eigenvalue weighted by molar-refractivity contribution is 0.318. The van der Waals surface area contributed by atoms with Crippen molar-refractivity contribution < 1.29 is 4.74 Å². The molecular weight excluding hydrogens is 234 g/mol. The van der Waals surface area contributed by atoms with Crippen molar-refractivity contribution in [2.24, 2.45) is 0 Å². The Morgan fingerprint density at radius 3 is 3.12 bits per heavy atom. The van der Waals surface area contributed by atoms with Gasteiger partial charge in [0.05, 0.1) is 24.4 Å². The SMILES string of the molecule is CCCOc1cccnc1NCc1cscn1. The number of ether oxygens (including phenoxy) is 1. The third-order valence-corrected chi connectivity index (χ3v) is 2.79. The molecule has 17 heavy (non-hydrogen) atoms. The van der Waals surface area contributed by atoms with Crippen molar-refractivity contribution >= 4 is 17.2 Å². The fourth-order valence-corrected chi connectivity index (χ4v) is 1.91. The first kappa shape index (κ1) is 11.9. The number of anilines is 1. The first-order valence-electron chi connectivity index (χ1n) is 5.59. The predicted octanol–water partition coefficient (Wildman–Crippen LogP) is 2.94. The van der Waals surface area contributed by atoms with E-state index in [4.69, 9.17) is 4.74 Å². The molecule has 0 atom stereocenters. The maximum Gasteiger partial charge on any atom is 0.169 e. The lowest BCUT2D eigenvalue weighted by Gasteiger charge is -2.10. The Morgan fingerprint density at radius 1 is 1.41 bits per heavy atom. The molecule has 4 nitrogen and oxygen atoms in total. The summed E-state index contributed by atoms with van der Waals surface area (Å²) in [6, 6.07) is 3.80. The highest BCUT2D eigenvalue weighted by molar-refractivity contribution is 7.07. The number of nitrogens with zero attached hydrogens (tertiary/aromatic N) is 2. The molecule has 0 amide bonds. The van der Waals surface area contributed by atoms with E-state index in [1.807, 2.05) is 23.0 Å². The maximum atomic E-state index is 5.61. The smallest absolute Gasteiger partial charge is 0.169 e. The van der Waals surface area contributed by atoms with Crippen molar-refractivity contribution in [1.82, 2.24) is 9.97 Å². The summed E-state index contributed by atoms with van der Waals surface area (Å²) in [5.41, 5.74) is 2.84. The van der Waals surface area contributed by atoms with E-state index in [0.717, 1.165) is 23.7 Å². The molecule has 1 N–H and O–H groups in total. The van der Waals surface area contributed by atoms with Gasteiger partial charge in [0.15, 0.2) is 11.6 Å². The molecule has 0 bridgehead atoms. The standard InChI is InChI=1S/C12H15N3OS/c1-2-6-16-11-4-3-5-13-12(11)14-7-10-8-17-9-15-10/h3-5,8-9H,2,6-7H2,1H3,(H,13,14). The fraction of sp³-hybridized carbons (Fsp3) is 0.333. The molecule has 0 aromatic carbocycles. The summed E-state index contributed by atoms with van der Waals surface area (Å²) in [5.74, 6) is 1.57. The van der Waals surface area contributed by atoms with Gasteiger partial charge in [0, 0.05) is 11.6 Å². The van der Waals surface area contributed by atoms with E-state index < -0.39 is 0 Å². The highest BCUT2D eigenvalue weighted by Crippen LogP contribution is 2.21. The van der Waals surface area contributed by atoms with Gasteiger partial charge in [0.2, 0.25) is 0 Å². The van der Waals surface area contributed by atoms with Gasteiger partial charge in [0.25, 0.3) is 0 Å². The minimum atomic E-state index is 0.670. The Kier molecular flexibility index (Phi) is 4.32. The van der Waals surface area contributed by atoms with Crippen LogP contribution in [0.5, 0.6) is 5.75 Å². The van der Waals surface area contributed by atoms with Crippen molar-refractivity contribution in [1.29, 1.82) is 0 Å². The van der Waals surface area contributed by atoms with Crippen LogP contribution in [-0.4, -0.2) is 16.6 Å². The van der Waals surface area contributed by atoms with E-state index in [1.165, 1.54) is 0 Å². The Bertz CT molecular complexity index is 445. The lowest BCUT2D eigenvalue weighted by atomic mass is 10.4. The molecule has 0 saturated carbocycles. The van der Waals surface area contributed by atoms with Crippen molar-refractivity contribution in [3.63, 3.8) is 0 Å². The number of aromatic nitrogens is 2. The Morgan fingerprint density at radius 2 is 2.35 bits per heavy atom. The number of thiazole rings is 1. The van der Waals surface area contributed by atoms with Gasteiger partial charge >= 0.3 is 0 Å². The quantitative estimate of drug-likeness (QED) is 0.855. The number of hydrogen-bond donors (Lipinski definition) is 1. The van der Waals surface area contributed by atoms with E-state index >= 15 is 0 Å². The first-order chi connectivity index (χ1) is 8.40. The number of rotatable bonds is 6. The van der Waals surface area contributed by atoms with E-state index in [1.54, 1.807) is 17.5 Å². The van der Waals surface area contributed by atoms with Crippen molar-refractivity contribution in [2.75, 3.05) is 11.9 Å². The molecule has 2 aromatic rings. The molecule has 0 saturated heterocycles. The molecule has 0 radical (unpaired) electrons. The molecule has 0 unspecified atom stereocenters. The van der Waals surface area contributed by atoms with Gasteiger partial charge in [-0.05, 0) is 18.6 Å². The molecular formula is C12H15N3OS. The normalized spacial score (nSPS) is 10.2. The molecule has 0 spiro atoms. The van der Waals surface area contributed by atoms with E-state index in [0.29, 0.717) is 13.2 Å². The Labute approximate surface area is 105 Å². The van der Waals surface area contributed by atoms with Crippen LogP contribution in [0.1, 0.15) is 19.0 Å². The van der Waals surface area contributed by atoms with E-state index in [-0.39, 0.29) is 0 Å². The number of hydrogen-bond acceptors (Lipinski definition) is 5. The summed E-state index contributed by atoms with van der Waals surface area (Å²) in [5, 5.41) is 5.25. The topological polar surface area (TPSA) is 47.0 Å². The molecule has 0 fully saturated rings. The first-order valence-corrected chi connectivity index (χ1v) is 6.53. The second-order valence-electron chi connectivity index (χ2n) is 3.53. The van der Waals surface area contributed by atoms with Crippen molar-refractivity contribution in [3.05, 3.63) is 34.9 Å². The monoisotopic (exact) mass is 249 g/mol. The van der Waals surface area contributed by atoms with Gasteiger partial charge in [0.1, 0.15) is 0 Å². The molecule has 2 aromatic heterocycles. The third-order valence-electron chi connectivity index (χ3n) is 2.15. The predicted molar refractivity (Wildman–Crippen MR) is 69.5 cm³/mol. The number of nitrogens with one attached hydrogen (secondary N) is 1. The summed E-state index contributed by atoms with van der Waals surface area (Å²) in [6.45, 7) is 3.46. The molecule has 0 aliphatic carbocycles. The minimum Gasteiger partial charge on any atom is -0.490 e. The second-order valence-corrected chi connectivity index (χ2v) is 4.25. The zero-order chi connectivity index (χ0) is 11.9. The largest absolute Gasteiger partial charge is 0.490 e. The van der Waals surface area contributed by atoms with Crippen LogP contribution in [-0.2, 0) is 6.54 Å². The van der Waals surface area contributed by atoms with Gasteiger partial charge in [-0.15, -0.1) is 11.3 Å². The Balaban J connectivity index is 1.99. The van der Waals surface area contributed by atoms with Crippen molar-refractivity contribution in [3.8, 4) is 5.75 Å². The molecule has 90 valence electrons. The highest BCUT2D eigenvalue weighted by atomic mass is 32.1. The average Bonchev–Trinajstić information content (AvgIpc) is 2.88. The molecule has 0 aliphatic heterocycles. The van der Waals surface area contributed by atoms with Crippen molar-refractivity contribution in [2.45, 2.75) is 19.9 Å². The third kappa shape index (κ3) is 3.42. The van der Waals surface area contributed by atoms with Gasteiger partial charge in [-0.1, -0.05) is 6.92 Å². The highest BCUT2D eigenvalue weighted by Gasteiger charge is 2.04. The van der Waals surface area contributed by atoms with Crippen LogP contribution in [0.2, 0.25) is 0 Å². The molecule has 5 heteroatoms. The number of pyridine rings is 1. The van der Waals surface area contributed by atoms with Gasteiger partial charge in [-0.2, -0.15) is 0 Å². The van der Waals surface area contributed by atoms with E-state index in [9.17, 15) is 0 Å². The summed E-state index contributed by atoms with van der Waals surface area (Å²) in [4.78, 5) is 8.48. The molecule has 0 aliphatic rings. The summed E-state index contributed by atoms with van der Waals surface area (Å²) < 4.78 is 5.61. The minimum absolute atomic E-state index is 0.670. The van der Waals surface area contributed by atoms with Crippen LogP contribution in [0.4, 0.5) is 5.82 Å².